The van der Waals surface area contributed by atoms with Gasteiger partial charge in [0.15, 0.2) is 5.16 Å². The van der Waals surface area contributed by atoms with E-state index in [1.54, 1.807) is 24.3 Å². The van der Waals surface area contributed by atoms with Crippen LogP contribution in [0.1, 0.15) is 13.8 Å². The summed E-state index contributed by atoms with van der Waals surface area (Å²) in [5.41, 5.74) is 0.226. The number of aromatic nitrogens is 2. The minimum absolute atomic E-state index is 0.0252. The summed E-state index contributed by atoms with van der Waals surface area (Å²) in [6.45, 7) is 8.14. The Balaban J connectivity index is 1.86. The first-order valence-corrected chi connectivity index (χ1v) is 10.7. The van der Waals surface area contributed by atoms with Crippen LogP contribution in [0.15, 0.2) is 34.2 Å². The summed E-state index contributed by atoms with van der Waals surface area (Å²) < 4.78 is 6.02. The molecule has 1 amide bonds. The lowest BCUT2D eigenvalue weighted by molar-refractivity contribution is -0.902. The van der Waals surface area contributed by atoms with Gasteiger partial charge >= 0.3 is 5.97 Å². The van der Waals surface area contributed by atoms with Gasteiger partial charge in [-0.3, -0.25) is 19.0 Å². The predicted octanol–water partition coefficient (Wildman–Crippen LogP) is -0.203. The Morgan fingerprint density at radius 1 is 1.28 bits per heavy atom. The molecule has 29 heavy (non-hydrogen) atoms. The number of carbonyl (C=O) groups excluding carboxylic acids is 2. The third-order valence-corrected chi connectivity index (χ3v) is 6.33. The zero-order valence-corrected chi connectivity index (χ0v) is 17.8. The van der Waals surface area contributed by atoms with Crippen molar-refractivity contribution < 1.29 is 19.2 Å². The fourth-order valence-corrected chi connectivity index (χ4v) is 4.43. The molecule has 1 fully saturated rings. The van der Waals surface area contributed by atoms with E-state index in [9.17, 15) is 14.4 Å². The molecule has 2 heterocycles. The monoisotopic (exact) mass is 419 g/mol. The minimum Gasteiger partial charge on any atom is -0.468 e. The molecule has 9 heteroatoms. The van der Waals surface area contributed by atoms with Crippen LogP contribution in [0.5, 0.6) is 0 Å². The number of nitrogens with zero attached hydrogens (tertiary/aromatic N) is 3. The number of esters is 1. The first-order chi connectivity index (χ1) is 13.9. The van der Waals surface area contributed by atoms with Crippen LogP contribution >= 0.6 is 11.8 Å². The van der Waals surface area contributed by atoms with Crippen LogP contribution in [0.4, 0.5) is 0 Å². The minimum atomic E-state index is -0.538. The van der Waals surface area contributed by atoms with E-state index in [0.717, 1.165) is 32.7 Å². The fourth-order valence-electron chi connectivity index (χ4n) is 3.43. The zero-order chi connectivity index (χ0) is 21.0. The second-order valence-corrected chi connectivity index (χ2v) is 8.38. The first kappa shape index (κ1) is 21.3. The Morgan fingerprint density at radius 3 is 2.62 bits per heavy atom. The Labute approximate surface area is 173 Å². The molecule has 0 bridgehead atoms. The molecule has 3 rings (SSSR count). The maximum absolute atomic E-state index is 12.9. The van der Waals surface area contributed by atoms with Crippen LogP contribution in [0, 0.1) is 0 Å². The SMILES string of the molecule is CC[NH+]1CCN(C(=O)[C@@H](C)Sc2nc3ccccc3c(=O)n2CC(=O)OC)CC1. The van der Waals surface area contributed by atoms with Crippen LogP contribution in [-0.2, 0) is 20.9 Å². The summed E-state index contributed by atoms with van der Waals surface area (Å²) in [6.07, 6.45) is 0. The molecule has 8 nitrogen and oxygen atoms in total. The number of methoxy groups -OCH3 is 1. The number of ether oxygens (including phenoxy) is 1. The van der Waals surface area contributed by atoms with Crippen molar-refractivity contribution in [3.8, 4) is 0 Å². The number of hydrogen-bond acceptors (Lipinski definition) is 6. The number of piperazine rings is 1. The molecular formula is C20H27N4O4S+. The lowest BCUT2D eigenvalue weighted by atomic mass is 10.2. The van der Waals surface area contributed by atoms with Crippen molar-refractivity contribution >= 4 is 34.5 Å². The lowest BCUT2D eigenvalue weighted by Crippen LogP contribution is -3.14. The first-order valence-electron chi connectivity index (χ1n) is 9.80. The summed E-state index contributed by atoms with van der Waals surface area (Å²) in [5.74, 6) is -0.513. The van der Waals surface area contributed by atoms with Crippen molar-refractivity contribution in [2.75, 3.05) is 39.8 Å². The number of nitrogens with one attached hydrogen (secondary N) is 1. The summed E-state index contributed by atoms with van der Waals surface area (Å²) in [5, 5.41) is 0.353. The number of likely N-dealkylation sites (N-methyl/N-ethyl adjacent to an activating group) is 1. The number of thioether (sulfide) groups is 1. The number of fused-ring (bicyclic) bond motifs is 1. The van der Waals surface area contributed by atoms with Gasteiger partial charge in [-0.2, -0.15) is 0 Å². The van der Waals surface area contributed by atoms with Crippen LogP contribution in [0.3, 0.4) is 0 Å². The standard InChI is InChI=1S/C20H26N4O4S/c1-4-22-9-11-23(12-10-22)18(26)14(2)29-20-21-16-8-6-5-7-15(16)19(27)24(20)13-17(25)28-3/h5-8,14H,4,9-13H2,1-3H3/p+1/t14-/m1/s1. The fraction of sp³-hybridized carbons (Fsp3) is 0.500. The van der Waals surface area contributed by atoms with Gasteiger partial charge in [0.2, 0.25) is 5.91 Å². The second-order valence-electron chi connectivity index (χ2n) is 7.07. The normalized spacial score (nSPS) is 16.0. The van der Waals surface area contributed by atoms with Crippen molar-refractivity contribution in [3.63, 3.8) is 0 Å². The van der Waals surface area contributed by atoms with Gasteiger partial charge in [0.05, 0.1) is 56.0 Å². The third-order valence-electron chi connectivity index (χ3n) is 5.25. The average Bonchev–Trinajstić information content (AvgIpc) is 2.75. The molecule has 1 aromatic carbocycles. The van der Waals surface area contributed by atoms with E-state index in [0.29, 0.717) is 16.1 Å². The van der Waals surface area contributed by atoms with E-state index >= 15 is 0 Å². The Kier molecular flexibility index (Phi) is 6.92. The zero-order valence-electron chi connectivity index (χ0n) is 17.0. The quantitative estimate of drug-likeness (QED) is 0.396. The molecule has 1 aromatic heterocycles. The third kappa shape index (κ3) is 4.79. The number of quaternary nitrogens is 1. The second kappa shape index (κ2) is 9.41. The molecule has 0 unspecified atom stereocenters. The molecule has 1 atom stereocenters. The van der Waals surface area contributed by atoms with E-state index in [2.05, 4.69) is 11.9 Å². The molecule has 2 aromatic rings. The van der Waals surface area contributed by atoms with Gasteiger partial charge in [-0.25, -0.2) is 4.98 Å². The van der Waals surface area contributed by atoms with E-state index in [-0.39, 0.29) is 18.0 Å². The number of benzene rings is 1. The van der Waals surface area contributed by atoms with Crippen molar-refractivity contribution in [2.45, 2.75) is 30.8 Å². The van der Waals surface area contributed by atoms with Gasteiger partial charge in [0.1, 0.15) is 6.54 Å². The molecule has 1 saturated heterocycles. The molecule has 0 saturated carbocycles. The molecule has 1 N–H and O–H groups in total. The smallest absolute Gasteiger partial charge is 0.325 e. The molecule has 1 aliphatic heterocycles. The highest BCUT2D eigenvalue weighted by atomic mass is 32.2. The summed E-state index contributed by atoms with van der Waals surface area (Å²) in [4.78, 5) is 45.6. The summed E-state index contributed by atoms with van der Waals surface area (Å²) >= 11 is 1.21. The van der Waals surface area contributed by atoms with Gasteiger partial charge in [0, 0.05) is 0 Å². The van der Waals surface area contributed by atoms with Gasteiger partial charge in [-0.15, -0.1) is 0 Å². The van der Waals surface area contributed by atoms with E-state index < -0.39 is 11.2 Å². The van der Waals surface area contributed by atoms with Crippen LogP contribution in [-0.4, -0.2) is 71.4 Å². The molecule has 0 spiro atoms. The predicted molar refractivity (Wildman–Crippen MR) is 111 cm³/mol. The molecular weight excluding hydrogens is 392 g/mol. The summed E-state index contributed by atoms with van der Waals surface area (Å²) in [7, 11) is 1.28. The summed E-state index contributed by atoms with van der Waals surface area (Å²) in [6, 6.07) is 6.99. The van der Waals surface area contributed by atoms with Crippen LogP contribution in [0.2, 0.25) is 0 Å². The number of hydrogen-bond donors (Lipinski definition) is 1. The molecule has 0 radical (unpaired) electrons. The Hall–Kier alpha value is -2.39. The topological polar surface area (TPSA) is 85.9 Å². The average molecular weight is 420 g/mol. The highest BCUT2D eigenvalue weighted by molar-refractivity contribution is 8.00. The van der Waals surface area contributed by atoms with E-state index in [4.69, 9.17) is 4.74 Å². The lowest BCUT2D eigenvalue weighted by Gasteiger charge is -2.33. The van der Waals surface area contributed by atoms with Gasteiger partial charge in [-0.05, 0) is 26.0 Å². The van der Waals surface area contributed by atoms with Crippen molar-refractivity contribution in [1.82, 2.24) is 14.5 Å². The Bertz CT molecular complexity index is 953. The highest BCUT2D eigenvalue weighted by Gasteiger charge is 2.28. The Morgan fingerprint density at radius 2 is 1.97 bits per heavy atom. The largest absolute Gasteiger partial charge is 0.468 e. The molecule has 156 valence electrons. The van der Waals surface area contributed by atoms with Gasteiger partial charge in [-0.1, -0.05) is 23.9 Å². The van der Waals surface area contributed by atoms with Crippen molar-refractivity contribution in [2.24, 2.45) is 0 Å². The number of carbonyl (C=O) groups is 2. The number of para-hydroxylation sites is 1. The maximum atomic E-state index is 12.9. The molecule has 1 aliphatic rings. The van der Waals surface area contributed by atoms with Crippen LogP contribution < -0.4 is 10.5 Å². The van der Waals surface area contributed by atoms with Gasteiger partial charge in [0.25, 0.3) is 5.56 Å². The van der Waals surface area contributed by atoms with Crippen LogP contribution in [0.25, 0.3) is 10.9 Å². The number of rotatable bonds is 6. The van der Waals surface area contributed by atoms with Crippen molar-refractivity contribution in [3.05, 3.63) is 34.6 Å². The van der Waals surface area contributed by atoms with E-state index in [1.807, 2.05) is 11.8 Å². The molecule has 0 aliphatic carbocycles. The van der Waals surface area contributed by atoms with Gasteiger partial charge < -0.3 is 14.5 Å². The van der Waals surface area contributed by atoms with Crippen molar-refractivity contribution in [1.29, 1.82) is 0 Å². The highest BCUT2D eigenvalue weighted by Crippen LogP contribution is 2.24. The maximum Gasteiger partial charge on any atom is 0.325 e. The van der Waals surface area contributed by atoms with E-state index in [1.165, 1.54) is 28.3 Å². The number of amides is 1.